The number of hydrogen-bond donors (Lipinski definition) is 3. The summed E-state index contributed by atoms with van der Waals surface area (Å²) >= 11 is 0. The molecule has 0 aromatic heterocycles. The average molecular weight is 941 g/mol. The molecule has 0 aromatic carbocycles. The molecule has 0 rings (SSSR count). The summed E-state index contributed by atoms with van der Waals surface area (Å²) in [7, 11) is 0. The molecule has 0 fully saturated rings. The lowest BCUT2D eigenvalue weighted by molar-refractivity contribution is -0.143. The monoisotopic (exact) mass is 940 g/mol. The molecule has 0 saturated heterocycles. The van der Waals surface area contributed by atoms with E-state index in [4.69, 9.17) is 4.74 Å². The molecule has 2 atom stereocenters. The predicted molar refractivity (Wildman–Crippen MR) is 292 cm³/mol. The number of ether oxygens (including phenoxy) is 1. The van der Waals surface area contributed by atoms with Gasteiger partial charge in [0.25, 0.3) is 0 Å². The van der Waals surface area contributed by atoms with Crippen LogP contribution in [0.3, 0.4) is 0 Å². The highest BCUT2D eigenvalue weighted by molar-refractivity contribution is 5.76. The van der Waals surface area contributed by atoms with Gasteiger partial charge in [0, 0.05) is 12.8 Å². The van der Waals surface area contributed by atoms with Crippen LogP contribution in [0.15, 0.2) is 48.6 Å². The predicted octanol–water partition coefficient (Wildman–Crippen LogP) is 18.2. The third kappa shape index (κ3) is 53.0. The molecule has 0 aliphatic heterocycles. The van der Waals surface area contributed by atoms with E-state index >= 15 is 0 Å². The second kappa shape index (κ2) is 56.4. The number of rotatable bonds is 54. The van der Waals surface area contributed by atoms with Crippen molar-refractivity contribution >= 4 is 11.9 Å². The summed E-state index contributed by atoms with van der Waals surface area (Å²) in [6, 6.07) is -0.554. The van der Waals surface area contributed by atoms with Crippen LogP contribution in [-0.2, 0) is 14.3 Å². The fourth-order valence-corrected chi connectivity index (χ4v) is 8.82. The Bertz CT molecular complexity index is 1130. The first-order valence-corrected chi connectivity index (χ1v) is 29.4. The van der Waals surface area contributed by atoms with Crippen molar-refractivity contribution in [2.45, 2.75) is 315 Å². The molecule has 2 unspecified atom stereocenters. The summed E-state index contributed by atoms with van der Waals surface area (Å²) in [6.45, 7) is 4.88. The van der Waals surface area contributed by atoms with Crippen molar-refractivity contribution in [2.24, 2.45) is 0 Å². The molecule has 6 heteroatoms. The van der Waals surface area contributed by atoms with Crippen LogP contribution >= 0.6 is 0 Å². The summed E-state index contributed by atoms with van der Waals surface area (Å²) in [5.74, 6) is -0.0709. The SMILES string of the molecule is CCCCC/C=C\C/C=C\CCCCCCCCCCCC(=O)OCCCCC/C=C\C/C=C\CCCCCCCCCC(=O)NC(CO)C(O)CCCCCCCCCCCCCCCC. The second-order valence-corrected chi connectivity index (χ2v) is 20.0. The van der Waals surface area contributed by atoms with Gasteiger partial charge >= 0.3 is 5.97 Å². The number of amides is 1. The number of unbranched alkanes of at least 4 members (excludes halogenated alkanes) is 35. The van der Waals surface area contributed by atoms with Gasteiger partial charge in [0.05, 0.1) is 25.4 Å². The standard InChI is InChI=1S/C61H113NO5/c1-3-5-7-9-11-13-15-17-19-20-21-24-27-31-35-39-43-47-51-55-61(66)67-56-52-48-44-40-36-32-28-25-22-23-26-30-34-38-42-46-50-54-60(65)62-58(57-63)59(64)53-49-45-41-37-33-29-18-16-14-12-10-8-6-4-2/h11,13,17,19,22,25,32,36,58-59,63-64H,3-10,12,14-16,18,20-21,23-24,26-31,33-35,37-57H2,1-2H3,(H,62,65)/b13-11-,19-17-,25-22-,36-32-. The Kier molecular flexibility index (Phi) is 54.6. The van der Waals surface area contributed by atoms with E-state index in [-0.39, 0.29) is 18.5 Å². The summed E-state index contributed by atoms with van der Waals surface area (Å²) in [6.07, 6.45) is 71.0. The van der Waals surface area contributed by atoms with Gasteiger partial charge < -0.3 is 20.3 Å². The Morgan fingerprint density at radius 1 is 0.418 bits per heavy atom. The average Bonchev–Trinajstić information content (AvgIpc) is 3.33. The number of esters is 1. The maximum Gasteiger partial charge on any atom is 0.305 e. The molecule has 1 amide bonds. The molecule has 67 heavy (non-hydrogen) atoms. The van der Waals surface area contributed by atoms with Crippen LogP contribution < -0.4 is 5.32 Å². The van der Waals surface area contributed by atoms with E-state index in [0.29, 0.717) is 25.9 Å². The number of carbonyl (C=O) groups excluding carboxylic acids is 2. The van der Waals surface area contributed by atoms with Crippen LogP contribution in [0.25, 0.3) is 0 Å². The summed E-state index contributed by atoms with van der Waals surface area (Å²) in [5, 5.41) is 23.2. The molecule has 0 bridgehead atoms. The maximum absolute atomic E-state index is 12.5. The molecule has 0 saturated carbocycles. The first kappa shape index (κ1) is 64.8. The van der Waals surface area contributed by atoms with E-state index < -0.39 is 12.1 Å². The number of allylic oxidation sites excluding steroid dienone is 8. The van der Waals surface area contributed by atoms with E-state index in [1.807, 2.05) is 0 Å². The zero-order valence-electron chi connectivity index (χ0n) is 44.6. The molecule has 6 nitrogen and oxygen atoms in total. The van der Waals surface area contributed by atoms with Crippen molar-refractivity contribution in [1.29, 1.82) is 0 Å². The van der Waals surface area contributed by atoms with Gasteiger partial charge in [0.15, 0.2) is 0 Å². The van der Waals surface area contributed by atoms with Crippen LogP contribution in [0.4, 0.5) is 0 Å². The van der Waals surface area contributed by atoms with Gasteiger partial charge in [0.1, 0.15) is 0 Å². The summed E-state index contributed by atoms with van der Waals surface area (Å²) in [4.78, 5) is 24.5. The van der Waals surface area contributed by atoms with Gasteiger partial charge in [-0.2, -0.15) is 0 Å². The largest absolute Gasteiger partial charge is 0.466 e. The maximum atomic E-state index is 12.5. The first-order valence-electron chi connectivity index (χ1n) is 29.4. The minimum absolute atomic E-state index is 0.0195. The first-order chi connectivity index (χ1) is 33.0. The van der Waals surface area contributed by atoms with Crippen molar-refractivity contribution in [1.82, 2.24) is 5.32 Å². The highest BCUT2D eigenvalue weighted by atomic mass is 16.5. The molecule has 0 aliphatic rings. The van der Waals surface area contributed by atoms with Crippen molar-refractivity contribution in [3.8, 4) is 0 Å². The van der Waals surface area contributed by atoms with E-state index in [1.54, 1.807) is 0 Å². The zero-order chi connectivity index (χ0) is 48.6. The van der Waals surface area contributed by atoms with Crippen LogP contribution in [0.5, 0.6) is 0 Å². The van der Waals surface area contributed by atoms with Crippen LogP contribution in [0, 0.1) is 0 Å². The Morgan fingerprint density at radius 3 is 1.16 bits per heavy atom. The highest BCUT2D eigenvalue weighted by Crippen LogP contribution is 2.16. The Balaban J connectivity index is 3.49. The Hall–Kier alpha value is -2.18. The topological polar surface area (TPSA) is 95.9 Å². The number of aliphatic hydroxyl groups excluding tert-OH is 2. The Labute approximate surface area is 416 Å². The lowest BCUT2D eigenvalue weighted by atomic mass is 10.0. The molecule has 0 spiro atoms. The quantitative estimate of drug-likeness (QED) is 0.0321. The summed E-state index contributed by atoms with van der Waals surface area (Å²) in [5.41, 5.74) is 0. The van der Waals surface area contributed by atoms with Crippen LogP contribution in [0.1, 0.15) is 303 Å². The van der Waals surface area contributed by atoms with Crippen LogP contribution in [-0.4, -0.2) is 47.4 Å². The van der Waals surface area contributed by atoms with Gasteiger partial charge in [-0.25, -0.2) is 0 Å². The minimum Gasteiger partial charge on any atom is -0.466 e. The fourth-order valence-electron chi connectivity index (χ4n) is 8.82. The molecule has 0 aromatic rings. The number of hydrogen-bond acceptors (Lipinski definition) is 5. The normalized spacial score (nSPS) is 13.0. The molecule has 392 valence electrons. The third-order valence-electron chi connectivity index (χ3n) is 13.4. The van der Waals surface area contributed by atoms with Gasteiger partial charge in [-0.05, 0) is 96.3 Å². The molecular formula is C61H113NO5. The van der Waals surface area contributed by atoms with E-state index in [9.17, 15) is 19.8 Å². The number of carbonyl (C=O) groups is 2. The van der Waals surface area contributed by atoms with Gasteiger partial charge in [-0.15, -0.1) is 0 Å². The Morgan fingerprint density at radius 2 is 0.746 bits per heavy atom. The number of nitrogens with one attached hydrogen (secondary N) is 1. The van der Waals surface area contributed by atoms with Gasteiger partial charge in [0.2, 0.25) is 5.91 Å². The minimum atomic E-state index is -0.675. The van der Waals surface area contributed by atoms with Gasteiger partial charge in [-0.3, -0.25) is 9.59 Å². The van der Waals surface area contributed by atoms with Crippen molar-refractivity contribution in [3.63, 3.8) is 0 Å². The highest BCUT2D eigenvalue weighted by Gasteiger charge is 2.20. The molecule has 0 radical (unpaired) electrons. The van der Waals surface area contributed by atoms with E-state index in [2.05, 4.69) is 67.8 Å². The third-order valence-corrected chi connectivity index (χ3v) is 13.4. The second-order valence-electron chi connectivity index (χ2n) is 20.0. The lowest BCUT2D eigenvalue weighted by Gasteiger charge is -2.22. The van der Waals surface area contributed by atoms with Gasteiger partial charge in [-0.1, -0.05) is 242 Å². The van der Waals surface area contributed by atoms with Crippen molar-refractivity contribution in [2.75, 3.05) is 13.2 Å². The van der Waals surface area contributed by atoms with Crippen molar-refractivity contribution in [3.05, 3.63) is 48.6 Å². The lowest BCUT2D eigenvalue weighted by Crippen LogP contribution is -2.45. The smallest absolute Gasteiger partial charge is 0.305 e. The zero-order valence-corrected chi connectivity index (χ0v) is 44.6. The molecular weight excluding hydrogens is 827 g/mol. The van der Waals surface area contributed by atoms with Crippen molar-refractivity contribution < 1.29 is 24.5 Å². The molecule has 0 aliphatic carbocycles. The molecule has 3 N–H and O–H groups in total. The van der Waals surface area contributed by atoms with E-state index in [1.165, 1.54) is 180 Å². The molecule has 0 heterocycles. The number of aliphatic hydroxyl groups is 2. The van der Waals surface area contributed by atoms with Crippen LogP contribution in [0.2, 0.25) is 0 Å². The van der Waals surface area contributed by atoms with E-state index in [0.717, 1.165) is 89.9 Å². The summed E-state index contributed by atoms with van der Waals surface area (Å²) < 4.78 is 5.46. The fraction of sp³-hybridized carbons (Fsp3) is 0.836.